The Morgan fingerprint density at radius 2 is 1.89 bits per heavy atom. The molecular formula is C22H22ClN3O2. The van der Waals surface area contributed by atoms with Crippen molar-refractivity contribution in [3.63, 3.8) is 0 Å². The first-order valence-corrected chi connectivity index (χ1v) is 9.97. The Morgan fingerprint density at radius 3 is 2.54 bits per heavy atom. The van der Waals surface area contributed by atoms with Gasteiger partial charge in [0, 0.05) is 17.5 Å². The van der Waals surface area contributed by atoms with Gasteiger partial charge in [-0.2, -0.15) is 0 Å². The summed E-state index contributed by atoms with van der Waals surface area (Å²) in [6, 6.07) is 14.1. The van der Waals surface area contributed by atoms with Crippen LogP contribution in [0.3, 0.4) is 0 Å². The van der Waals surface area contributed by atoms with E-state index in [4.69, 9.17) is 16.6 Å². The SMILES string of the molecule is CCN(C(=O)C1CC1)C(C)c1nc2ccccc2c(=O)n1-c1ccc(Cl)cc1. The summed E-state index contributed by atoms with van der Waals surface area (Å²) < 4.78 is 1.60. The van der Waals surface area contributed by atoms with Gasteiger partial charge in [-0.1, -0.05) is 23.7 Å². The van der Waals surface area contributed by atoms with Crippen LogP contribution in [0.5, 0.6) is 0 Å². The van der Waals surface area contributed by atoms with E-state index >= 15 is 0 Å². The predicted octanol–water partition coefficient (Wildman–Crippen LogP) is 4.36. The largest absolute Gasteiger partial charge is 0.333 e. The van der Waals surface area contributed by atoms with Gasteiger partial charge in [-0.15, -0.1) is 0 Å². The molecule has 0 spiro atoms. The van der Waals surface area contributed by atoms with Gasteiger partial charge in [0.15, 0.2) is 0 Å². The van der Waals surface area contributed by atoms with Crippen molar-refractivity contribution < 1.29 is 4.79 Å². The zero-order chi connectivity index (χ0) is 19.8. The van der Waals surface area contributed by atoms with Crippen molar-refractivity contribution in [3.8, 4) is 5.69 Å². The molecule has 0 N–H and O–H groups in total. The molecule has 3 aromatic rings. The molecule has 0 radical (unpaired) electrons. The molecule has 144 valence electrons. The van der Waals surface area contributed by atoms with Crippen LogP contribution in [-0.4, -0.2) is 26.9 Å². The number of amides is 1. The van der Waals surface area contributed by atoms with Crippen LogP contribution in [0.25, 0.3) is 16.6 Å². The number of fused-ring (bicyclic) bond motifs is 1. The van der Waals surface area contributed by atoms with E-state index in [-0.39, 0.29) is 23.4 Å². The molecule has 6 heteroatoms. The lowest BCUT2D eigenvalue weighted by atomic mass is 10.1. The van der Waals surface area contributed by atoms with Crippen molar-refractivity contribution >= 4 is 28.4 Å². The van der Waals surface area contributed by atoms with Crippen molar-refractivity contribution in [3.05, 3.63) is 69.7 Å². The minimum absolute atomic E-state index is 0.110. The van der Waals surface area contributed by atoms with Crippen LogP contribution in [0.15, 0.2) is 53.3 Å². The van der Waals surface area contributed by atoms with Crippen molar-refractivity contribution in [2.24, 2.45) is 5.92 Å². The molecule has 1 amide bonds. The number of carbonyl (C=O) groups excluding carboxylic acids is 1. The molecule has 2 aromatic carbocycles. The second kappa shape index (κ2) is 7.40. The quantitative estimate of drug-likeness (QED) is 0.645. The fourth-order valence-electron chi connectivity index (χ4n) is 3.59. The molecule has 1 saturated carbocycles. The normalized spacial score (nSPS) is 14.8. The van der Waals surface area contributed by atoms with Crippen molar-refractivity contribution in [1.82, 2.24) is 14.5 Å². The number of benzene rings is 2. The standard InChI is InChI=1S/C22H22ClN3O2/c1-3-25(21(27)15-8-9-15)14(2)20-24-19-7-5-4-6-18(19)22(28)26(20)17-12-10-16(23)11-13-17/h4-7,10-15H,3,8-9H2,1-2H3. The lowest BCUT2D eigenvalue weighted by Crippen LogP contribution is -2.38. The van der Waals surface area contributed by atoms with Crippen LogP contribution in [0.1, 0.15) is 38.6 Å². The number of carbonyl (C=O) groups is 1. The molecule has 5 nitrogen and oxygen atoms in total. The van der Waals surface area contributed by atoms with Gasteiger partial charge < -0.3 is 4.90 Å². The van der Waals surface area contributed by atoms with Gasteiger partial charge >= 0.3 is 0 Å². The van der Waals surface area contributed by atoms with Gasteiger partial charge in [0.05, 0.1) is 22.6 Å². The summed E-state index contributed by atoms with van der Waals surface area (Å²) in [6.45, 7) is 4.47. The molecule has 1 aromatic heterocycles. The summed E-state index contributed by atoms with van der Waals surface area (Å²) in [5.41, 5.74) is 1.17. The van der Waals surface area contributed by atoms with Gasteiger partial charge in [-0.05, 0) is 63.1 Å². The molecule has 1 fully saturated rings. The predicted molar refractivity (Wildman–Crippen MR) is 111 cm³/mol. The average Bonchev–Trinajstić information content (AvgIpc) is 3.54. The first-order valence-electron chi connectivity index (χ1n) is 9.59. The topological polar surface area (TPSA) is 55.2 Å². The number of hydrogen-bond donors (Lipinski definition) is 0. The second-order valence-corrected chi connectivity index (χ2v) is 7.62. The Bertz CT molecular complexity index is 1090. The Hall–Kier alpha value is -2.66. The molecule has 1 heterocycles. The zero-order valence-corrected chi connectivity index (χ0v) is 16.7. The highest BCUT2D eigenvalue weighted by Gasteiger charge is 2.36. The van der Waals surface area contributed by atoms with Gasteiger partial charge in [0.2, 0.25) is 5.91 Å². The molecule has 0 aliphatic heterocycles. The van der Waals surface area contributed by atoms with E-state index in [1.807, 2.05) is 36.9 Å². The summed E-state index contributed by atoms with van der Waals surface area (Å²) >= 11 is 6.04. The van der Waals surface area contributed by atoms with E-state index in [0.29, 0.717) is 34.0 Å². The number of nitrogens with zero attached hydrogens (tertiary/aromatic N) is 3. The van der Waals surface area contributed by atoms with Crippen molar-refractivity contribution in [2.45, 2.75) is 32.7 Å². The lowest BCUT2D eigenvalue weighted by molar-refractivity contribution is -0.134. The van der Waals surface area contributed by atoms with Gasteiger partial charge in [-0.25, -0.2) is 4.98 Å². The smallest absolute Gasteiger partial charge is 0.266 e. The van der Waals surface area contributed by atoms with Crippen LogP contribution >= 0.6 is 11.6 Å². The number of para-hydroxylation sites is 1. The number of aromatic nitrogens is 2. The minimum atomic E-state index is -0.328. The summed E-state index contributed by atoms with van der Waals surface area (Å²) in [7, 11) is 0. The van der Waals surface area contributed by atoms with E-state index in [9.17, 15) is 9.59 Å². The third-order valence-corrected chi connectivity index (χ3v) is 5.53. The van der Waals surface area contributed by atoms with Crippen molar-refractivity contribution in [2.75, 3.05) is 6.54 Å². The molecule has 28 heavy (non-hydrogen) atoms. The van der Waals surface area contributed by atoms with E-state index in [1.54, 1.807) is 34.9 Å². The summed E-state index contributed by atoms with van der Waals surface area (Å²) in [5, 5.41) is 1.14. The van der Waals surface area contributed by atoms with Crippen LogP contribution < -0.4 is 5.56 Å². The lowest BCUT2D eigenvalue weighted by Gasteiger charge is -2.29. The van der Waals surface area contributed by atoms with Crippen molar-refractivity contribution in [1.29, 1.82) is 0 Å². The Morgan fingerprint density at radius 1 is 1.21 bits per heavy atom. The van der Waals surface area contributed by atoms with Crippen LogP contribution in [0.2, 0.25) is 5.02 Å². The van der Waals surface area contributed by atoms with E-state index < -0.39 is 0 Å². The maximum Gasteiger partial charge on any atom is 0.266 e. The van der Waals surface area contributed by atoms with Crippen LogP contribution in [0, 0.1) is 5.92 Å². The molecule has 1 unspecified atom stereocenters. The third kappa shape index (κ3) is 3.31. The Labute approximate surface area is 168 Å². The van der Waals surface area contributed by atoms with Crippen LogP contribution in [0.4, 0.5) is 0 Å². The highest BCUT2D eigenvalue weighted by atomic mass is 35.5. The highest BCUT2D eigenvalue weighted by molar-refractivity contribution is 6.30. The first kappa shape index (κ1) is 18.7. The molecular weight excluding hydrogens is 374 g/mol. The fourth-order valence-corrected chi connectivity index (χ4v) is 3.72. The molecule has 1 aliphatic rings. The number of halogens is 1. The summed E-state index contributed by atoms with van der Waals surface area (Å²) in [5.74, 6) is 0.806. The van der Waals surface area contributed by atoms with Gasteiger partial charge in [0.1, 0.15) is 5.82 Å². The number of hydrogen-bond acceptors (Lipinski definition) is 3. The highest BCUT2D eigenvalue weighted by Crippen LogP contribution is 2.34. The Balaban J connectivity index is 1.92. The molecule has 1 atom stereocenters. The second-order valence-electron chi connectivity index (χ2n) is 7.18. The minimum Gasteiger partial charge on any atom is -0.333 e. The average molecular weight is 396 g/mol. The monoisotopic (exact) mass is 395 g/mol. The summed E-state index contributed by atoms with van der Waals surface area (Å²) in [6.07, 6.45) is 1.88. The van der Waals surface area contributed by atoms with E-state index in [1.165, 1.54) is 0 Å². The maximum atomic E-state index is 13.4. The number of rotatable bonds is 5. The summed E-state index contributed by atoms with van der Waals surface area (Å²) in [4.78, 5) is 32.8. The first-order chi connectivity index (χ1) is 13.5. The van der Waals surface area contributed by atoms with Gasteiger partial charge in [-0.3, -0.25) is 14.2 Å². The van der Waals surface area contributed by atoms with E-state index in [2.05, 4.69) is 0 Å². The zero-order valence-electron chi connectivity index (χ0n) is 15.9. The molecule has 0 saturated heterocycles. The maximum absolute atomic E-state index is 13.4. The van der Waals surface area contributed by atoms with E-state index in [0.717, 1.165) is 12.8 Å². The van der Waals surface area contributed by atoms with Crippen LogP contribution in [-0.2, 0) is 4.79 Å². The molecule has 0 bridgehead atoms. The Kier molecular flexibility index (Phi) is 4.94. The van der Waals surface area contributed by atoms with Gasteiger partial charge in [0.25, 0.3) is 5.56 Å². The molecule has 1 aliphatic carbocycles. The molecule has 4 rings (SSSR count). The fraction of sp³-hybridized carbons (Fsp3) is 0.318. The third-order valence-electron chi connectivity index (χ3n) is 5.28.